The molecule has 7 rings (SSSR count). The number of carbonyl (C=O) groups excluding carboxylic acids is 3. The van der Waals surface area contributed by atoms with Crippen LogP contribution in [0, 0.1) is 11.8 Å². The van der Waals surface area contributed by atoms with E-state index in [1.54, 1.807) is 24.3 Å². The van der Waals surface area contributed by atoms with Crippen LogP contribution in [0.3, 0.4) is 0 Å². The number of halogens is 1. The Morgan fingerprint density at radius 3 is 2.47 bits per heavy atom. The third-order valence-electron chi connectivity index (χ3n) is 7.82. The van der Waals surface area contributed by atoms with E-state index in [9.17, 15) is 14.4 Å². The van der Waals surface area contributed by atoms with Gasteiger partial charge >= 0.3 is 0 Å². The molecule has 4 aromatic rings. The molecule has 4 atom stereocenters. The first-order valence-electron chi connectivity index (χ1n) is 11.9. The van der Waals surface area contributed by atoms with Crippen LogP contribution in [0.5, 0.6) is 0 Å². The van der Waals surface area contributed by atoms with Crippen LogP contribution < -0.4 is 15.5 Å². The molecule has 36 heavy (non-hydrogen) atoms. The van der Waals surface area contributed by atoms with Crippen molar-refractivity contribution >= 4 is 55.9 Å². The van der Waals surface area contributed by atoms with Crippen LogP contribution in [0.25, 0.3) is 10.9 Å². The Morgan fingerprint density at radius 2 is 1.64 bits per heavy atom. The Balaban J connectivity index is 1.37. The topological polar surface area (TPSA) is 94.3 Å². The molecule has 4 heterocycles. The predicted molar refractivity (Wildman–Crippen MR) is 139 cm³/mol. The first kappa shape index (κ1) is 21.5. The van der Waals surface area contributed by atoms with Crippen LogP contribution >= 0.6 is 15.9 Å². The SMILES string of the molecule is O=C1[C@@H]2C(Cc3c[nH]c4ccccc34)NC3(C(=O)Nc4ccccc43)[C@@H]2C(=O)N1c1ccc(Br)cc1. The van der Waals surface area contributed by atoms with E-state index in [4.69, 9.17) is 0 Å². The summed E-state index contributed by atoms with van der Waals surface area (Å²) in [6.07, 6.45) is 2.44. The minimum atomic E-state index is -1.31. The second-order valence-corrected chi connectivity index (χ2v) is 10.5. The molecule has 178 valence electrons. The Labute approximate surface area is 215 Å². The van der Waals surface area contributed by atoms with E-state index in [1.165, 1.54) is 4.90 Å². The van der Waals surface area contributed by atoms with Gasteiger partial charge < -0.3 is 10.3 Å². The maximum atomic E-state index is 14.0. The third-order valence-corrected chi connectivity index (χ3v) is 8.35. The monoisotopic (exact) mass is 540 g/mol. The average Bonchev–Trinajstić information content (AvgIpc) is 3.59. The lowest BCUT2D eigenvalue weighted by Crippen LogP contribution is -2.53. The van der Waals surface area contributed by atoms with Crippen LogP contribution in [0.4, 0.5) is 11.4 Å². The van der Waals surface area contributed by atoms with Gasteiger partial charge in [0, 0.05) is 38.9 Å². The van der Waals surface area contributed by atoms with Crippen LogP contribution in [0.2, 0.25) is 0 Å². The smallest absolute Gasteiger partial charge is 0.250 e. The van der Waals surface area contributed by atoms with Gasteiger partial charge in [-0.2, -0.15) is 0 Å². The number of rotatable bonds is 3. The van der Waals surface area contributed by atoms with E-state index in [2.05, 4.69) is 31.5 Å². The molecule has 7 nitrogen and oxygen atoms in total. The first-order valence-corrected chi connectivity index (χ1v) is 12.7. The molecular weight excluding hydrogens is 520 g/mol. The van der Waals surface area contributed by atoms with Crippen LogP contribution in [0.15, 0.2) is 83.5 Å². The van der Waals surface area contributed by atoms with Gasteiger partial charge in [-0.15, -0.1) is 0 Å². The zero-order valence-corrected chi connectivity index (χ0v) is 20.6. The van der Waals surface area contributed by atoms with Gasteiger partial charge in [-0.25, -0.2) is 4.90 Å². The zero-order valence-electron chi connectivity index (χ0n) is 19.0. The zero-order chi connectivity index (χ0) is 24.6. The maximum Gasteiger partial charge on any atom is 0.250 e. The molecular formula is C28H21BrN4O3. The molecule has 0 saturated carbocycles. The summed E-state index contributed by atoms with van der Waals surface area (Å²) in [4.78, 5) is 46.2. The number of amides is 3. The van der Waals surface area contributed by atoms with Crippen molar-refractivity contribution in [2.75, 3.05) is 10.2 Å². The number of para-hydroxylation sites is 2. The molecule has 2 saturated heterocycles. The first-order chi connectivity index (χ1) is 17.5. The van der Waals surface area contributed by atoms with Crippen molar-refractivity contribution in [1.29, 1.82) is 0 Å². The minimum Gasteiger partial charge on any atom is -0.361 e. The van der Waals surface area contributed by atoms with E-state index >= 15 is 0 Å². The summed E-state index contributed by atoms with van der Waals surface area (Å²) in [6, 6.07) is 22.1. The highest BCUT2D eigenvalue weighted by Crippen LogP contribution is 2.54. The van der Waals surface area contributed by atoms with Crippen molar-refractivity contribution in [3.05, 3.63) is 94.6 Å². The Hall–Kier alpha value is -3.75. The van der Waals surface area contributed by atoms with Crippen LogP contribution in [0.1, 0.15) is 11.1 Å². The number of fused-ring (bicyclic) bond motifs is 5. The molecule has 3 amide bonds. The average molecular weight is 541 g/mol. The number of nitrogens with one attached hydrogen (secondary N) is 3. The Morgan fingerprint density at radius 1 is 0.889 bits per heavy atom. The number of anilines is 2. The highest BCUT2D eigenvalue weighted by molar-refractivity contribution is 9.10. The van der Waals surface area contributed by atoms with Gasteiger partial charge in [-0.1, -0.05) is 52.3 Å². The minimum absolute atomic E-state index is 0.279. The molecule has 8 heteroatoms. The maximum absolute atomic E-state index is 14.0. The van der Waals surface area contributed by atoms with Gasteiger partial charge in [0.1, 0.15) is 5.54 Å². The Bertz CT molecular complexity index is 1580. The standard InChI is InChI=1S/C28H21BrN4O3/c29-16-9-11-17(12-10-16)33-25(34)23-22(13-15-14-30-20-7-3-1-5-18(15)20)32-28(24(23)26(33)35)19-6-2-4-8-21(19)31-27(28)36/h1-12,14,22-24,30,32H,13H2,(H,31,36)/t22?,23-,24+,28?/m1/s1. The molecule has 1 aromatic heterocycles. The normalized spacial score (nSPS) is 26.6. The number of aromatic nitrogens is 1. The van der Waals surface area contributed by atoms with Crippen LogP contribution in [-0.2, 0) is 26.3 Å². The van der Waals surface area contributed by atoms with Crippen molar-refractivity contribution in [1.82, 2.24) is 10.3 Å². The van der Waals surface area contributed by atoms with Crippen molar-refractivity contribution in [2.45, 2.75) is 18.0 Å². The highest BCUT2D eigenvalue weighted by Gasteiger charge is 2.70. The molecule has 0 aliphatic carbocycles. The van der Waals surface area contributed by atoms with Crippen molar-refractivity contribution in [3.8, 4) is 0 Å². The largest absolute Gasteiger partial charge is 0.361 e. The summed E-state index contributed by atoms with van der Waals surface area (Å²) in [7, 11) is 0. The number of hydrogen-bond donors (Lipinski definition) is 3. The fourth-order valence-electron chi connectivity index (χ4n) is 6.32. The second kappa shape index (κ2) is 7.62. The number of H-pyrrole nitrogens is 1. The summed E-state index contributed by atoms with van der Waals surface area (Å²) >= 11 is 3.42. The number of imide groups is 1. The lowest BCUT2D eigenvalue weighted by Gasteiger charge is -2.29. The summed E-state index contributed by atoms with van der Waals surface area (Å²) in [5, 5.41) is 7.54. The van der Waals surface area contributed by atoms with Crippen LogP contribution in [-0.4, -0.2) is 28.7 Å². The molecule has 3 aliphatic rings. The second-order valence-electron chi connectivity index (χ2n) is 9.61. The van der Waals surface area contributed by atoms with E-state index in [0.717, 1.165) is 20.9 Å². The Kier molecular flexibility index (Phi) is 4.56. The molecule has 0 radical (unpaired) electrons. The van der Waals surface area contributed by atoms with Gasteiger partial charge in [0.25, 0.3) is 0 Å². The lowest BCUT2D eigenvalue weighted by atomic mass is 9.76. The van der Waals surface area contributed by atoms with Gasteiger partial charge in [0.15, 0.2) is 0 Å². The van der Waals surface area contributed by atoms with Crippen molar-refractivity contribution in [3.63, 3.8) is 0 Å². The lowest BCUT2D eigenvalue weighted by molar-refractivity contribution is -0.130. The summed E-state index contributed by atoms with van der Waals surface area (Å²) in [5.74, 6) is -2.47. The number of aromatic amines is 1. The van der Waals surface area contributed by atoms with Gasteiger partial charge in [-0.3, -0.25) is 19.7 Å². The number of benzene rings is 3. The third kappa shape index (κ3) is 2.79. The number of nitrogens with zero attached hydrogens (tertiary/aromatic N) is 1. The van der Waals surface area contributed by atoms with E-state index in [1.807, 2.05) is 54.7 Å². The predicted octanol–water partition coefficient (Wildman–Crippen LogP) is 4.10. The highest BCUT2D eigenvalue weighted by atomic mass is 79.9. The van der Waals surface area contributed by atoms with Crippen molar-refractivity contribution < 1.29 is 14.4 Å². The fourth-order valence-corrected chi connectivity index (χ4v) is 6.58. The molecule has 2 unspecified atom stereocenters. The summed E-state index contributed by atoms with van der Waals surface area (Å²) in [6.45, 7) is 0. The molecule has 1 spiro atoms. The molecule has 0 bridgehead atoms. The number of carbonyl (C=O) groups is 3. The van der Waals surface area contributed by atoms with E-state index < -0.39 is 23.4 Å². The molecule has 3 N–H and O–H groups in total. The van der Waals surface area contributed by atoms with Crippen molar-refractivity contribution in [2.24, 2.45) is 11.8 Å². The fraction of sp³-hybridized carbons (Fsp3) is 0.179. The van der Waals surface area contributed by atoms with E-state index in [0.29, 0.717) is 23.4 Å². The summed E-state index contributed by atoms with van der Waals surface area (Å²) < 4.78 is 0.852. The van der Waals surface area contributed by atoms with E-state index in [-0.39, 0.29) is 17.7 Å². The molecule has 2 fully saturated rings. The molecule has 3 aliphatic heterocycles. The van der Waals surface area contributed by atoms with Gasteiger partial charge in [0.2, 0.25) is 17.7 Å². The molecule has 3 aromatic carbocycles. The summed E-state index contributed by atoms with van der Waals surface area (Å²) in [5.41, 5.74) is 2.62. The number of hydrogen-bond acceptors (Lipinski definition) is 4. The quantitative estimate of drug-likeness (QED) is 0.341. The van der Waals surface area contributed by atoms with Gasteiger partial charge in [0.05, 0.1) is 17.5 Å². The van der Waals surface area contributed by atoms with Gasteiger partial charge in [-0.05, 0) is 48.4 Å².